The van der Waals surface area contributed by atoms with Crippen LogP contribution in [0.25, 0.3) is 15.9 Å². The molecule has 2 aromatic carbocycles. The number of hydrogen-bond donors (Lipinski definition) is 1. The predicted octanol–water partition coefficient (Wildman–Crippen LogP) is 6.88. The molecule has 1 amide bonds. The van der Waals surface area contributed by atoms with Gasteiger partial charge in [0.2, 0.25) is 5.91 Å². The number of carbonyl (C=O) groups excluding carboxylic acids is 1. The zero-order valence-corrected chi connectivity index (χ0v) is 22.6. The van der Waals surface area contributed by atoms with Crippen molar-refractivity contribution in [1.29, 1.82) is 0 Å². The van der Waals surface area contributed by atoms with Gasteiger partial charge in [-0.1, -0.05) is 55.4 Å². The lowest BCUT2D eigenvalue weighted by Gasteiger charge is -2.14. The molecule has 0 saturated carbocycles. The van der Waals surface area contributed by atoms with Crippen LogP contribution in [0.1, 0.15) is 60.6 Å². The van der Waals surface area contributed by atoms with E-state index in [2.05, 4.69) is 31.3 Å². The summed E-state index contributed by atoms with van der Waals surface area (Å²) < 4.78 is 1.68. The minimum absolute atomic E-state index is 0.0354. The van der Waals surface area contributed by atoms with E-state index >= 15 is 0 Å². The fourth-order valence-corrected chi connectivity index (χ4v) is 6.78. The summed E-state index contributed by atoms with van der Waals surface area (Å²) >= 11 is 2.94. The summed E-state index contributed by atoms with van der Waals surface area (Å²) in [6, 6.07) is 15.9. The van der Waals surface area contributed by atoms with Crippen LogP contribution in [-0.4, -0.2) is 21.2 Å². The van der Waals surface area contributed by atoms with Crippen molar-refractivity contribution in [2.75, 3.05) is 11.1 Å². The normalized spacial score (nSPS) is 14.0. The Labute approximate surface area is 220 Å². The lowest BCUT2D eigenvalue weighted by Crippen LogP contribution is -2.23. The molecule has 0 unspecified atom stereocenters. The highest BCUT2D eigenvalue weighted by atomic mass is 32.2. The number of aromatic nitrogens is 2. The number of carbonyl (C=O) groups is 1. The van der Waals surface area contributed by atoms with Crippen molar-refractivity contribution < 1.29 is 4.79 Å². The number of benzene rings is 2. The quantitative estimate of drug-likeness (QED) is 0.214. The Hall–Kier alpha value is -2.90. The second kappa shape index (κ2) is 10.6. The number of nitrogens with one attached hydrogen (secondary N) is 1. The zero-order chi connectivity index (χ0) is 25.2. The smallest absolute Gasteiger partial charge is 0.267 e. The predicted molar refractivity (Wildman–Crippen MR) is 151 cm³/mol. The fourth-order valence-electron chi connectivity index (χ4n) is 4.66. The molecule has 2 aromatic heterocycles. The minimum atomic E-state index is -0.119. The number of thioether (sulfide) groups is 1. The van der Waals surface area contributed by atoms with Gasteiger partial charge in [0.1, 0.15) is 4.83 Å². The SMILES string of the molecule is CC[C@H](C)c1ccc(NC(=O)CSc2nc3sc4c(c3c(=O)n2-c2ccc(C)cc2)CCCC4)cc1. The van der Waals surface area contributed by atoms with E-state index in [4.69, 9.17) is 4.98 Å². The highest BCUT2D eigenvalue weighted by Crippen LogP contribution is 2.35. The van der Waals surface area contributed by atoms with Crippen LogP contribution in [0, 0.1) is 6.92 Å². The summed E-state index contributed by atoms with van der Waals surface area (Å²) in [5.41, 5.74) is 5.09. The molecule has 1 aliphatic carbocycles. The highest BCUT2D eigenvalue weighted by molar-refractivity contribution is 7.99. The van der Waals surface area contributed by atoms with E-state index in [0.29, 0.717) is 11.1 Å². The van der Waals surface area contributed by atoms with Gasteiger partial charge in [-0.25, -0.2) is 4.98 Å². The molecule has 1 aliphatic rings. The van der Waals surface area contributed by atoms with Crippen molar-refractivity contribution in [2.24, 2.45) is 0 Å². The molecule has 1 atom stereocenters. The number of anilines is 1. The molecular formula is C29H31N3O2S2. The first-order valence-electron chi connectivity index (χ1n) is 12.6. The third kappa shape index (κ3) is 5.00. The number of thiophene rings is 1. The Morgan fingerprint density at radius 2 is 1.83 bits per heavy atom. The second-order valence-corrected chi connectivity index (χ2v) is 11.6. The monoisotopic (exact) mass is 517 g/mol. The number of aryl methyl sites for hydroxylation is 3. The van der Waals surface area contributed by atoms with E-state index in [0.717, 1.165) is 59.3 Å². The molecule has 186 valence electrons. The van der Waals surface area contributed by atoms with E-state index in [1.807, 2.05) is 43.3 Å². The first-order chi connectivity index (χ1) is 17.4. The van der Waals surface area contributed by atoms with Gasteiger partial charge >= 0.3 is 0 Å². The Morgan fingerprint density at radius 1 is 1.11 bits per heavy atom. The molecule has 4 aromatic rings. The average Bonchev–Trinajstić information content (AvgIpc) is 3.27. The fraction of sp³-hybridized carbons (Fsp3) is 0.345. The Kier molecular flexibility index (Phi) is 7.30. The van der Waals surface area contributed by atoms with Gasteiger partial charge in [0.15, 0.2) is 5.16 Å². The molecule has 5 nitrogen and oxygen atoms in total. The van der Waals surface area contributed by atoms with Gasteiger partial charge < -0.3 is 5.32 Å². The van der Waals surface area contributed by atoms with Crippen LogP contribution < -0.4 is 10.9 Å². The standard InChI is InChI=1S/C29H31N3O2S2/c1-4-19(3)20-11-13-21(14-12-20)30-25(33)17-35-29-31-27-26(23-7-5-6-8-24(23)36-27)28(34)32(29)22-15-9-18(2)10-16-22/h9-16,19H,4-8,17H2,1-3H3,(H,30,33)/t19-/m0/s1. The average molecular weight is 518 g/mol. The molecule has 1 N–H and O–H groups in total. The molecule has 0 saturated heterocycles. The maximum Gasteiger partial charge on any atom is 0.267 e. The van der Waals surface area contributed by atoms with E-state index in [1.54, 1.807) is 15.9 Å². The van der Waals surface area contributed by atoms with Gasteiger partial charge in [-0.3, -0.25) is 14.2 Å². The van der Waals surface area contributed by atoms with Crippen LogP contribution in [0.2, 0.25) is 0 Å². The number of fused-ring (bicyclic) bond motifs is 3. The number of amides is 1. The van der Waals surface area contributed by atoms with Gasteiger partial charge in [-0.2, -0.15) is 0 Å². The van der Waals surface area contributed by atoms with Crippen molar-refractivity contribution in [3.63, 3.8) is 0 Å². The zero-order valence-electron chi connectivity index (χ0n) is 21.0. The van der Waals surface area contributed by atoms with Gasteiger partial charge in [-0.15, -0.1) is 11.3 Å². The lowest BCUT2D eigenvalue weighted by atomic mass is 9.97. The van der Waals surface area contributed by atoms with Gasteiger partial charge in [0.25, 0.3) is 5.56 Å². The van der Waals surface area contributed by atoms with Crippen LogP contribution in [0.15, 0.2) is 58.5 Å². The van der Waals surface area contributed by atoms with E-state index < -0.39 is 0 Å². The maximum atomic E-state index is 13.8. The highest BCUT2D eigenvalue weighted by Gasteiger charge is 2.23. The van der Waals surface area contributed by atoms with Crippen LogP contribution >= 0.6 is 23.1 Å². The van der Waals surface area contributed by atoms with Crippen LogP contribution in [0.4, 0.5) is 5.69 Å². The van der Waals surface area contributed by atoms with Crippen molar-refractivity contribution in [3.05, 3.63) is 80.5 Å². The van der Waals surface area contributed by atoms with Crippen LogP contribution in [0.3, 0.4) is 0 Å². The van der Waals surface area contributed by atoms with Crippen molar-refractivity contribution in [3.8, 4) is 5.69 Å². The summed E-state index contributed by atoms with van der Waals surface area (Å²) in [4.78, 5) is 33.7. The number of nitrogens with zero attached hydrogens (tertiary/aromatic N) is 2. The third-order valence-electron chi connectivity index (χ3n) is 6.96. The van der Waals surface area contributed by atoms with E-state index in [9.17, 15) is 9.59 Å². The Bertz CT molecular complexity index is 1450. The van der Waals surface area contributed by atoms with Crippen molar-refractivity contribution in [1.82, 2.24) is 9.55 Å². The summed E-state index contributed by atoms with van der Waals surface area (Å²) in [7, 11) is 0. The second-order valence-electron chi connectivity index (χ2n) is 9.53. The largest absolute Gasteiger partial charge is 0.325 e. The molecule has 0 aliphatic heterocycles. The lowest BCUT2D eigenvalue weighted by molar-refractivity contribution is -0.113. The van der Waals surface area contributed by atoms with E-state index in [-0.39, 0.29) is 17.2 Å². The molecule has 2 heterocycles. The van der Waals surface area contributed by atoms with Crippen molar-refractivity contribution >= 4 is 44.9 Å². The number of rotatable bonds is 7. The summed E-state index contributed by atoms with van der Waals surface area (Å²) in [5, 5.41) is 4.29. The number of hydrogen-bond acceptors (Lipinski definition) is 5. The summed E-state index contributed by atoms with van der Waals surface area (Å²) in [5.74, 6) is 0.543. The minimum Gasteiger partial charge on any atom is -0.325 e. The molecule has 0 fully saturated rings. The van der Waals surface area contributed by atoms with Gasteiger partial charge in [-0.05, 0) is 80.3 Å². The third-order valence-corrected chi connectivity index (χ3v) is 9.08. The van der Waals surface area contributed by atoms with Crippen molar-refractivity contribution in [2.45, 2.75) is 63.9 Å². The van der Waals surface area contributed by atoms with Crippen LogP contribution in [0.5, 0.6) is 0 Å². The van der Waals surface area contributed by atoms with Crippen LogP contribution in [-0.2, 0) is 17.6 Å². The maximum absolute atomic E-state index is 13.8. The first kappa shape index (κ1) is 24.8. The Balaban J connectivity index is 1.44. The van der Waals surface area contributed by atoms with E-state index in [1.165, 1.54) is 27.8 Å². The van der Waals surface area contributed by atoms with Gasteiger partial charge in [0.05, 0.1) is 16.8 Å². The topological polar surface area (TPSA) is 64.0 Å². The molecule has 5 rings (SSSR count). The molecule has 0 radical (unpaired) electrons. The molecular weight excluding hydrogens is 486 g/mol. The summed E-state index contributed by atoms with van der Waals surface area (Å²) in [6.45, 7) is 6.40. The summed E-state index contributed by atoms with van der Waals surface area (Å²) in [6.07, 6.45) is 5.30. The Morgan fingerprint density at radius 3 is 2.56 bits per heavy atom. The molecule has 0 bridgehead atoms. The molecule has 7 heteroatoms. The molecule has 36 heavy (non-hydrogen) atoms. The molecule has 0 spiro atoms. The first-order valence-corrected chi connectivity index (χ1v) is 14.4. The van der Waals surface area contributed by atoms with Gasteiger partial charge in [0, 0.05) is 10.6 Å².